The number of anilines is 1. The highest BCUT2D eigenvalue weighted by Crippen LogP contribution is 2.37. The maximum atomic E-state index is 12.5. The first-order valence-electron chi connectivity index (χ1n) is 14.3. The number of alkyl halides is 2. The second-order valence-corrected chi connectivity index (χ2v) is 12.0. The molecule has 0 radical (unpaired) electrons. The maximum Gasteiger partial charge on any atom is 0.387 e. The van der Waals surface area contributed by atoms with Gasteiger partial charge in [-0.25, -0.2) is 14.6 Å². The number of aromatic nitrogens is 4. The van der Waals surface area contributed by atoms with Crippen molar-refractivity contribution in [1.82, 2.24) is 24.6 Å². The summed E-state index contributed by atoms with van der Waals surface area (Å²) in [5.74, 6) is 1.60. The summed E-state index contributed by atoms with van der Waals surface area (Å²) in [6.07, 6.45) is 10.6. The van der Waals surface area contributed by atoms with Gasteiger partial charge >= 0.3 is 6.61 Å². The Kier molecular flexibility index (Phi) is 8.25. The van der Waals surface area contributed by atoms with E-state index in [2.05, 4.69) is 26.7 Å². The van der Waals surface area contributed by atoms with Crippen LogP contribution in [0.3, 0.4) is 0 Å². The highest BCUT2D eigenvalue weighted by Gasteiger charge is 2.25. The third kappa shape index (κ3) is 6.12. The minimum atomic E-state index is -2.80. The van der Waals surface area contributed by atoms with E-state index in [0.717, 1.165) is 83.6 Å². The molecule has 7 nitrogen and oxygen atoms in total. The minimum absolute atomic E-state index is 0.191. The molecule has 0 saturated carbocycles. The van der Waals surface area contributed by atoms with Gasteiger partial charge in [-0.05, 0) is 62.1 Å². The van der Waals surface area contributed by atoms with Gasteiger partial charge in [0.1, 0.15) is 17.3 Å². The third-order valence-electron chi connectivity index (χ3n) is 8.02. The smallest absolute Gasteiger partial charge is 0.387 e. The first-order valence-corrected chi connectivity index (χ1v) is 15.2. The second-order valence-electron chi connectivity index (χ2n) is 10.9. The number of piperidine rings is 1. The monoisotopic (exact) mass is 566 g/mol. The van der Waals surface area contributed by atoms with Gasteiger partial charge in [-0.15, -0.1) is 11.3 Å². The normalized spacial score (nSPS) is 19.2. The van der Waals surface area contributed by atoms with Crippen LogP contribution in [0.25, 0.3) is 21.6 Å². The molecule has 0 spiro atoms. The molecule has 4 aromatic rings. The number of hydrogen-bond donors (Lipinski definition) is 0. The fraction of sp³-hybridized carbons (Fsp3) is 0.500. The van der Waals surface area contributed by atoms with Crippen molar-refractivity contribution in [2.75, 3.05) is 31.1 Å². The number of likely N-dealkylation sites (tertiary alicyclic amines) is 1. The van der Waals surface area contributed by atoms with Gasteiger partial charge in [0.05, 0.1) is 9.88 Å². The van der Waals surface area contributed by atoms with Crippen LogP contribution in [0.5, 0.6) is 5.75 Å². The summed E-state index contributed by atoms with van der Waals surface area (Å²) in [4.78, 5) is 15.8. The lowest BCUT2D eigenvalue weighted by Crippen LogP contribution is -2.33. The van der Waals surface area contributed by atoms with Crippen molar-refractivity contribution >= 4 is 28.2 Å². The zero-order valence-electron chi connectivity index (χ0n) is 22.9. The van der Waals surface area contributed by atoms with Gasteiger partial charge in [0.15, 0.2) is 5.65 Å². The molecule has 0 N–H and O–H groups in total. The molecule has 212 valence electrons. The molecule has 10 heteroatoms. The molecule has 1 atom stereocenters. The zero-order valence-corrected chi connectivity index (χ0v) is 23.8. The summed E-state index contributed by atoms with van der Waals surface area (Å²) in [6.45, 7) is 2.05. The van der Waals surface area contributed by atoms with Crippen molar-refractivity contribution in [2.45, 2.75) is 64.0 Å². The molecule has 2 aliphatic heterocycles. The largest absolute Gasteiger partial charge is 0.435 e. The average molecular weight is 567 g/mol. The van der Waals surface area contributed by atoms with E-state index in [1.807, 2.05) is 30.1 Å². The first-order chi connectivity index (χ1) is 19.5. The van der Waals surface area contributed by atoms with Gasteiger partial charge in [0, 0.05) is 50.7 Å². The number of fused-ring (bicyclic) bond motifs is 1. The van der Waals surface area contributed by atoms with Crippen LogP contribution in [0.1, 0.15) is 61.4 Å². The molecule has 1 aromatic carbocycles. The Bertz CT molecular complexity index is 1410. The number of rotatable bonds is 7. The van der Waals surface area contributed by atoms with E-state index in [9.17, 15) is 8.78 Å². The molecule has 0 aliphatic carbocycles. The Labute approximate surface area is 237 Å². The number of thiazole rings is 1. The number of aryl methyl sites for hydroxylation is 1. The molecule has 1 unspecified atom stereocenters. The summed E-state index contributed by atoms with van der Waals surface area (Å²) >= 11 is 1.73. The van der Waals surface area contributed by atoms with E-state index in [-0.39, 0.29) is 5.75 Å². The first kappa shape index (κ1) is 27.1. The molecule has 6 rings (SSSR count). The predicted octanol–water partition coefficient (Wildman–Crippen LogP) is 6.84. The highest BCUT2D eigenvalue weighted by atomic mass is 32.1. The van der Waals surface area contributed by atoms with Gasteiger partial charge in [-0.1, -0.05) is 31.4 Å². The molecular weight excluding hydrogens is 530 g/mol. The number of nitrogens with zero attached hydrogens (tertiary/aromatic N) is 6. The Hall–Kier alpha value is -3.11. The van der Waals surface area contributed by atoms with Gasteiger partial charge < -0.3 is 9.64 Å². The minimum Gasteiger partial charge on any atom is -0.435 e. The van der Waals surface area contributed by atoms with Crippen LogP contribution in [0, 0.1) is 0 Å². The van der Waals surface area contributed by atoms with Crippen molar-refractivity contribution in [2.24, 2.45) is 7.05 Å². The number of ether oxygens (including phenoxy) is 1. The maximum absolute atomic E-state index is 12.5. The van der Waals surface area contributed by atoms with Crippen molar-refractivity contribution in [1.29, 1.82) is 0 Å². The topological polar surface area (TPSA) is 59.3 Å². The van der Waals surface area contributed by atoms with Gasteiger partial charge in [0.25, 0.3) is 0 Å². The third-order valence-corrected chi connectivity index (χ3v) is 9.19. The lowest BCUT2D eigenvalue weighted by atomic mass is 9.98. The SMILES string of the molecule is Cn1nc(-c2cnc(C3CCCN(Cc4ccc(OC(F)F)cc4)C3)s2)c2ccc(N3CCCCCCC3)nc21. The Morgan fingerprint density at radius 2 is 1.75 bits per heavy atom. The summed E-state index contributed by atoms with van der Waals surface area (Å²) in [5, 5.41) is 7.08. The highest BCUT2D eigenvalue weighted by molar-refractivity contribution is 7.15. The average Bonchev–Trinajstić information content (AvgIpc) is 3.54. The van der Waals surface area contributed by atoms with Gasteiger partial charge in [-0.2, -0.15) is 13.9 Å². The molecule has 2 fully saturated rings. The molecule has 5 heterocycles. The van der Waals surface area contributed by atoms with Crippen LogP contribution in [-0.4, -0.2) is 57.4 Å². The van der Waals surface area contributed by atoms with Crippen molar-refractivity contribution in [3.05, 3.63) is 53.2 Å². The molecule has 3 aromatic heterocycles. The Balaban J connectivity index is 1.15. The van der Waals surface area contributed by atoms with Crippen LogP contribution >= 0.6 is 11.3 Å². The van der Waals surface area contributed by atoms with E-state index in [1.165, 1.54) is 32.1 Å². The Morgan fingerprint density at radius 3 is 2.52 bits per heavy atom. The summed E-state index contributed by atoms with van der Waals surface area (Å²) in [6, 6.07) is 11.3. The number of benzene rings is 1. The van der Waals surface area contributed by atoms with Crippen LogP contribution < -0.4 is 9.64 Å². The van der Waals surface area contributed by atoms with Crippen LogP contribution in [0.4, 0.5) is 14.6 Å². The standard InChI is InChI=1S/C30H36F2N6OS/c1-36-28-24(13-14-26(34-28)38-16-5-3-2-4-6-17-38)27(35-36)25-18-33-29(40-25)22-8-7-15-37(20-22)19-21-9-11-23(12-10-21)39-30(31)32/h9-14,18,22,30H,2-8,15-17,19-20H2,1H3. The number of halogens is 2. The van der Waals surface area contributed by atoms with E-state index < -0.39 is 6.61 Å². The van der Waals surface area contributed by atoms with Crippen LogP contribution in [-0.2, 0) is 13.6 Å². The molecule has 40 heavy (non-hydrogen) atoms. The van der Waals surface area contributed by atoms with Gasteiger partial charge in [0.2, 0.25) is 0 Å². The fourth-order valence-electron chi connectivity index (χ4n) is 5.98. The lowest BCUT2D eigenvalue weighted by Gasteiger charge is -2.31. The van der Waals surface area contributed by atoms with Gasteiger partial charge in [-0.3, -0.25) is 4.90 Å². The van der Waals surface area contributed by atoms with Crippen molar-refractivity contribution < 1.29 is 13.5 Å². The quantitative estimate of drug-likeness (QED) is 0.244. The molecule has 2 aliphatic rings. The number of hydrogen-bond acceptors (Lipinski definition) is 7. The number of pyridine rings is 1. The fourth-order valence-corrected chi connectivity index (χ4v) is 7.02. The second kappa shape index (κ2) is 12.2. The summed E-state index contributed by atoms with van der Waals surface area (Å²) in [5.41, 5.74) is 2.95. The lowest BCUT2D eigenvalue weighted by molar-refractivity contribution is -0.0498. The Morgan fingerprint density at radius 1 is 0.975 bits per heavy atom. The molecule has 2 saturated heterocycles. The van der Waals surface area contributed by atoms with Crippen molar-refractivity contribution in [3.8, 4) is 16.3 Å². The molecular formula is C30H36F2N6OS. The molecule has 0 amide bonds. The van der Waals surface area contributed by atoms with E-state index in [1.54, 1.807) is 23.5 Å². The van der Waals surface area contributed by atoms with Crippen LogP contribution in [0.15, 0.2) is 42.6 Å². The molecule has 0 bridgehead atoms. The van der Waals surface area contributed by atoms with E-state index in [4.69, 9.17) is 15.1 Å². The predicted molar refractivity (Wildman–Crippen MR) is 155 cm³/mol. The van der Waals surface area contributed by atoms with E-state index in [0.29, 0.717) is 5.92 Å². The zero-order chi connectivity index (χ0) is 27.5. The van der Waals surface area contributed by atoms with E-state index >= 15 is 0 Å². The summed E-state index contributed by atoms with van der Waals surface area (Å²) < 4.78 is 31.3. The summed E-state index contributed by atoms with van der Waals surface area (Å²) in [7, 11) is 1.98. The van der Waals surface area contributed by atoms with Crippen LogP contribution in [0.2, 0.25) is 0 Å². The van der Waals surface area contributed by atoms with Crippen molar-refractivity contribution in [3.63, 3.8) is 0 Å².